The van der Waals surface area contributed by atoms with Crippen LogP contribution >= 0.6 is 0 Å². The van der Waals surface area contributed by atoms with E-state index in [0.717, 1.165) is 55.7 Å². The minimum Gasteiger partial charge on any atom is -0.455 e. The van der Waals surface area contributed by atoms with E-state index in [-0.39, 0.29) is 0 Å². The zero-order valence-corrected chi connectivity index (χ0v) is 38.7. The van der Waals surface area contributed by atoms with Crippen LogP contribution in [0.25, 0.3) is 99.1 Å². The van der Waals surface area contributed by atoms with Crippen LogP contribution in [-0.2, 0) is 5.41 Å². The molecule has 1 heterocycles. The number of benzene rings is 12. The predicted octanol–water partition coefficient (Wildman–Crippen LogP) is 18.7. The maximum Gasteiger partial charge on any atom is 0.143 e. The summed E-state index contributed by atoms with van der Waals surface area (Å²) in [6.07, 6.45) is 0. The van der Waals surface area contributed by atoms with Crippen molar-refractivity contribution < 1.29 is 4.42 Å². The highest BCUT2D eigenvalue weighted by Gasteiger charge is 2.52. The number of anilines is 3. The Bertz CT molecular complexity index is 4260. The van der Waals surface area contributed by atoms with Gasteiger partial charge in [0.15, 0.2) is 0 Å². The third kappa shape index (κ3) is 5.77. The fourth-order valence-electron chi connectivity index (χ4n) is 12.5. The second-order valence-corrected chi connectivity index (χ2v) is 19.1. The molecule has 1 aromatic heterocycles. The molecule has 1 spiro atoms. The molecule has 0 unspecified atom stereocenters. The fourth-order valence-corrected chi connectivity index (χ4v) is 12.5. The van der Waals surface area contributed by atoms with E-state index in [4.69, 9.17) is 4.42 Å². The van der Waals surface area contributed by atoms with Crippen LogP contribution in [0.4, 0.5) is 17.1 Å². The monoisotopic (exact) mass is 901 g/mol. The van der Waals surface area contributed by atoms with E-state index in [9.17, 15) is 0 Å². The lowest BCUT2D eigenvalue weighted by Gasteiger charge is -2.32. The molecule has 0 saturated carbocycles. The van der Waals surface area contributed by atoms with Crippen LogP contribution in [0.15, 0.2) is 265 Å². The van der Waals surface area contributed by atoms with E-state index in [0.29, 0.717) is 0 Å². The van der Waals surface area contributed by atoms with Crippen LogP contribution in [0, 0.1) is 0 Å². The molecule has 0 amide bonds. The zero-order chi connectivity index (χ0) is 46.6. The summed E-state index contributed by atoms with van der Waals surface area (Å²) in [6.45, 7) is 0. The van der Waals surface area contributed by atoms with E-state index in [1.165, 1.54) is 82.7 Å². The van der Waals surface area contributed by atoms with Crippen molar-refractivity contribution >= 4 is 60.5 Å². The molecule has 330 valence electrons. The molecular weight excluding hydrogens is 859 g/mol. The number of nitrogens with zero attached hydrogens (tertiary/aromatic N) is 1. The molecule has 2 heteroatoms. The highest BCUT2D eigenvalue weighted by atomic mass is 16.3. The first-order valence-corrected chi connectivity index (χ1v) is 24.6. The third-order valence-corrected chi connectivity index (χ3v) is 15.5. The van der Waals surface area contributed by atoms with Gasteiger partial charge in [-0.15, -0.1) is 0 Å². The van der Waals surface area contributed by atoms with Gasteiger partial charge >= 0.3 is 0 Å². The lowest BCUT2D eigenvalue weighted by molar-refractivity contribution is 0.670. The molecule has 0 N–H and O–H groups in total. The minimum absolute atomic E-state index is 0.483. The normalized spacial score (nSPS) is 12.9. The summed E-state index contributed by atoms with van der Waals surface area (Å²) in [5, 5.41) is 7.09. The second-order valence-electron chi connectivity index (χ2n) is 19.1. The average Bonchev–Trinajstić information content (AvgIpc) is 4.07. The molecular formula is C69H43NO. The van der Waals surface area contributed by atoms with E-state index in [2.05, 4.69) is 266 Å². The number of furan rings is 1. The van der Waals surface area contributed by atoms with Crippen molar-refractivity contribution in [2.45, 2.75) is 5.41 Å². The number of hydrogen-bond donors (Lipinski definition) is 0. The largest absolute Gasteiger partial charge is 0.455 e. The molecule has 0 atom stereocenters. The molecule has 13 aromatic rings. The van der Waals surface area contributed by atoms with Gasteiger partial charge in [-0.1, -0.05) is 218 Å². The van der Waals surface area contributed by atoms with Crippen molar-refractivity contribution in [2.75, 3.05) is 4.90 Å². The third-order valence-electron chi connectivity index (χ3n) is 15.5. The highest BCUT2D eigenvalue weighted by molar-refractivity contribution is 6.14. The molecule has 2 aliphatic rings. The SMILES string of the molecule is c1cc(-c2ccc(N(c3ccccc3-c3cccc4c3oc3cc5ccccc5cc34)c3cccc4c3-c3ccccc3C43c4ccccc4-c4ccccc43)cc2)cc(-c2cccc3ccccc23)c1. The lowest BCUT2D eigenvalue weighted by atomic mass is 9.70. The summed E-state index contributed by atoms with van der Waals surface area (Å²) in [4.78, 5) is 2.50. The topological polar surface area (TPSA) is 16.4 Å². The summed E-state index contributed by atoms with van der Waals surface area (Å²) >= 11 is 0. The number of hydrogen-bond acceptors (Lipinski definition) is 2. The smallest absolute Gasteiger partial charge is 0.143 e. The summed E-state index contributed by atoms with van der Waals surface area (Å²) in [7, 11) is 0. The number of para-hydroxylation sites is 2. The van der Waals surface area contributed by atoms with Crippen LogP contribution in [0.1, 0.15) is 22.3 Å². The first kappa shape index (κ1) is 39.7. The maximum absolute atomic E-state index is 6.95. The van der Waals surface area contributed by atoms with Gasteiger partial charge in [0.1, 0.15) is 11.2 Å². The molecule has 71 heavy (non-hydrogen) atoms. The van der Waals surface area contributed by atoms with Gasteiger partial charge in [-0.05, 0) is 125 Å². The fraction of sp³-hybridized carbons (Fsp3) is 0.0145. The molecule has 0 aliphatic heterocycles. The Labute approximate surface area is 412 Å². The highest BCUT2D eigenvalue weighted by Crippen LogP contribution is 2.65. The summed E-state index contributed by atoms with van der Waals surface area (Å²) in [5.74, 6) is 0. The van der Waals surface area contributed by atoms with Gasteiger partial charge < -0.3 is 9.32 Å². The molecule has 0 fully saturated rings. The predicted molar refractivity (Wildman–Crippen MR) is 296 cm³/mol. The van der Waals surface area contributed by atoms with Crippen molar-refractivity contribution in [3.63, 3.8) is 0 Å². The summed E-state index contributed by atoms with van der Waals surface area (Å²) in [5.41, 5.74) is 21.8. The number of rotatable bonds is 6. The Morgan fingerprint density at radius 2 is 0.817 bits per heavy atom. The first-order valence-electron chi connectivity index (χ1n) is 24.6. The Morgan fingerprint density at radius 1 is 0.296 bits per heavy atom. The van der Waals surface area contributed by atoms with Gasteiger partial charge in [0.25, 0.3) is 0 Å². The van der Waals surface area contributed by atoms with E-state index >= 15 is 0 Å². The molecule has 0 bridgehead atoms. The van der Waals surface area contributed by atoms with Crippen molar-refractivity contribution in [3.05, 3.63) is 283 Å². The first-order chi connectivity index (χ1) is 35.2. The van der Waals surface area contributed by atoms with Gasteiger partial charge in [0.05, 0.1) is 16.8 Å². The van der Waals surface area contributed by atoms with Crippen molar-refractivity contribution in [1.29, 1.82) is 0 Å². The van der Waals surface area contributed by atoms with E-state index < -0.39 is 5.41 Å². The van der Waals surface area contributed by atoms with E-state index in [1.54, 1.807) is 0 Å². The van der Waals surface area contributed by atoms with Crippen LogP contribution in [0.3, 0.4) is 0 Å². The Balaban J connectivity index is 0.958. The molecule has 2 aliphatic carbocycles. The van der Waals surface area contributed by atoms with Crippen LogP contribution < -0.4 is 4.90 Å². The van der Waals surface area contributed by atoms with Gasteiger partial charge in [-0.3, -0.25) is 0 Å². The van der Waals surface area contributed by atoms with Gasteiger partial charge in [0, 0.05) is 33.2 Å². The molecule has 2 nitrogen and oxygen atoms in total. The standard InChI is InChI=1S/C69H43NO/c1-2-19-48-43-66-59(42-47(48)18-1)57-30-15-29-56(68(57)71-66)55-26-8-12-35-64(55)70(50-39-37-44(38-40-50)46-21-13-22-49(41-46)52-28-14-20-45-17-3-4-23-51(45)52)65-36-16-34-63-67(65)58-27-7-11-33-62(58)69(63)60-31-9-5-24-53(60)54-25-6-10-32-61(54)69/h1-43H. The van der Waals surface area contributed by atoms with Crippen molar-refractivity contribution in [3.8, 4) is 55.6 Å². The van der Waals surface area contributed by atoms with Crippen LogP contribution in [-0.4, -0.2) is 0 Å². The maximum atomic E-state index is 6.95. The van der Waals surface area contributed by atoms with Gasteiger partial charge in [0.2, 0.25) is 0 Å². The summed E-state index contributed by atoms with van der Waals surface area (Å²) in [6, 6.07) is 96.1. The van der Waals surface area contributed by atoms with Crippen LogP contribution in [0.2, 0.25) is 0 Å². The zero-order valence-electron chi connectivity index (χ0n) is 38.7. The Hall–Kier alpha value is -9.24. The molecule has 15 rings (SSSR count). The van der Waals surface area contributed by atoms with E-state index in [1.807, 2.05) is 0 Å². The molecule has 0 radical (unpaired) electrons. The number of fused-ring (bicyclic) bond motifs is 15. The molecule has 12 aromatic carbocycles. The Morgan fingerprint density at radius 3 is 1.61 bits per heavy atom. The minimum atomic E-state index is -0.483. The summed E-state index contributed by atoms with van der Waals surface area (Å²) < 4.78 is 6.95. The van der Waals surface area contributed by atoms with Crippen molar-refractivity contribution in [2.24, 2.45) is 0 Å². The van der Waals surface area contributed by atoms with Crippen LogP contribution in [0.5, 0.6) is 0 Å². The molecule has 0 saturated heterocycles. The quantitative estimate of drug-likeness (QED) is 0.165. The second kappa shape index (κ2) is 15.4. The average molecular weight is 902 g/mol. The van der Waals surface area contributed by atoms with Gasteiger partial charge in [-0.2, -0.15) is 0 Å². The van der Waals surface area contributed by atoms with Crippen molar-refractivity contribution in [1.82, 2.24) is 0 Å². The Kier molecular flexibility index (Phi) is 8.61. The van der Waals surface area contributed by atoms with Gasteiger partial charge in [-0.25, -0.2) is 0 Å². The lowest BCUT2D eigenvalue weighted by Crippen LogP contribution is -2.26.